The van der Waals surface area contributed by atoms with E-state index in [0.29, 0.717) is 4.88 Å². The number of carbonyl (C=O) groups is 1. The molecule has 94 valence electrons. The van der Waals surface area contributed by atoms with Gasteiger partial charge >= 0.3 is 0 Å². The van der Waals surface area contributed by atoms with E-state index in [4.69, 9.17) is 0 Å². The molecular formula is C12H14N4OS. The molecule has 18 heavy (non-hydrogen) atoms. The minimum absolute atomic E-state index is 0.631. The van der Waals surface area contributed by atoms with Gasteiger partial charge in [0, 0.05) is 27.3 Å². The second-order valence-electron chi connectivity index (χ2n) is 3.90. The first-order chi connectivity index (χ1) is 8.69. The number of carbonyl (C=O) groups excluding carboxylic acids is 1. The molecule has 0 saturated heterocycles. The molecule has 1 N–H and O–H groups in total. The minimum Gasteiger partial charge on any atom is -0.377 e. The van der Waals surface area contributed by atoms with Crippen LogP contribution in [-0.2, 0) is 0 Å². The zero-order valence-electron chi connectivity index (χ0n) is 10.5. The number of anilines is 2. The number of nitrogens with zero attached hydrogens (tertiary/aromatic N) is 3. The first kappa shape index (κ1) is 12.5. The van der Waals surface area contributed by atoms with Crippen molar-refractivity contribution in [2.24, 2.45) is 4.99 Å². The molecule has 0 atom stereocenters. The average molecular weight is 262 g/mol. The summed E-state index contributed by atoms with van der Waals surface area (Å²) in [6, 6.07) is 1.93. The Balaban J connectivity index is 2.73. The van der Waals surface area contributed by atoms with E-state index < -0.39 is 0 Å². The maximum atomic E-state index is 11.1. The second kappa shape index (κ2) is 5.14. The number of pyridine rings is 1. The molecule has 0 bridgehead atoms. The van der Waals surface area contributed by atoms with Crippen LogP contribution in [0.1, 0.15) is 9.67 Å². The highest BCUT2D eigenvalue weighted by atomic mass is 32.1. The summed E-state index contributed by atoms with van der Waals surface area (Å²) in [6.45, 7) is 0. The smallest absolute Gasteiger partial charge is 0.162 e. The summed E-state index contributed by atoms with van der Waals surface area (Å²) in [5.74, 6) is 0. The lowest BCUT2D eigenvalue weighted by Crippen LogP contribution is -2.09. The number of thiophene rings is 1. The van der Waals surface area contributed by atoms with Gasteiger partial charge in [0.25, 0.3) is 0 Å². The molecule has 0 aliphatic carbocycles. The maximum Gasteiger partial charge on any atom is 0.162 e. The molecule has 0 aliphatic heterocycles. The maximum absolute atomic E-state index is 11.1. The third-order valence-electron chi connectivity index (χ3n) is 2.52. The fourth-order valence-electron chi connectivity index (χ4n) is 1.75. The highest BCUT2D eigenvalue weighted by molar-refractivity contribution is 7.21. The van der Waals surface area contributed by atoms with Crippen molar-refractivity contribution >= 4 is 45.6 Å². The number of hydrogen-bond acceptors (Lipinski definition) is 5. The molecule has 0 saturated carbocycles. The summed E-state index contributed by atoms with van der Waals surface area (Å²) in [7, 11) is 5.60. The number of aldehydes is 1. The van der Waals surface area contributed by atoms with Gasteiger partial charge in [0.2, 0.25) is 0 Å². The molecule has 0 spiro atoms. The molecule has 2 heterocycles. The van der Waals surface area contributed by atoms with Crippen LogP contribution < -0.4 is 10.2 Å². The van der Waals surface area contributed by atoms with E-state index in [9.17, 15) is 4.79 Å². The number of fused-ring (bicyclic) bond motifs is 1. The summed E-state index contributed by atoms with van der Waals surface area (Å²) in [4.78, 5) is 22.8. The van der Waals surface area contributed by atoms with Gasteiger partial charge in [-0.3, -0.25) is 9.79 Å². The average Bonchev–Trinajstić information content (AvgIpc) is 2.73. The van der Waals surface area contributed by atoms with Crippen molar-refractivity contribution < 1.29 is 4.79 Å². The molecule has 0 aromatic carbocycles. The molecule has 0 aliphatic rings. The largest absolute Gasteiger partial charge is 0.377 e. The van der Waals surface area contributed by atoms with Crippen molar-refractivity contribution in [2.45, 2.75) is 0 Å². The molecule has 2 aromatic heterocycles. The normalized spacial score (nSPS) is 11.1. The van der Waals surface area contributed by atoms with E-state index >= 15 is 0 Å². The van der Waals surface area contributed by atoms with Gasteiger partial charge in [-0.25, -0.2) is 4.98 Å². The summed E-state index contributed by atoms with van der Waals surface area (Å²) in [5.41, 5.74) is 1.80. The van der Waals surface area contributed by atoms with Crippen molar-refractivity contribution in [1.29, 1.82) is 0 Å². The van der Waals surface area contributed by atoms with Crippen LogP contribution in [0.15, 0.2) is 17.3 Å². The van der Waals surface area contributed by atoms with Gasteiger partial charge in [-0.15, -0.1) is 11.3 Å². The van der Waals surface area contributed by atoms with Crippen LogP contribution in [0, 0.1) is 0 Å². The number of nitrogens with one attached hydrogen (secondary N) is 1. The first-order valence-corrected chi connectivity index (χ1v) is 6.22. The molecule has 5 nitrogen and oxygen atoms in total. The van der Waals surface area contributed by atoms with Crippen LogP contribution in [0.4, 0.5) is 11.4 Å². The Morgan fingerprint density at radius 2 is 2.28 bits per heavy atom. The Morgan fingerprint density at radius 3 is 2.89 bits per heavy atom. The van der Waals surface area contributed by atoms with Gasteiger partial charge in [0.1, 0.15) is 4.83 Å². The lowest BCUT2D eigenvalue weighted by atomic mass is 10.2. The zero-order chi connectivity index (χ0) is 13.1. The van der Waals surface area contributed by atoms with Crippen LogP contribution in [0.3, 0.4) is 0 Å². The Hall–Kier alpha value is -1.95. The van der Waals surface area contributed by atoms with Crippen LogP contribution in [0.5, 0.6) is 0 Å². The lowest BCUT2D eigenvalue weighted by molar-refractivity contribution is 0.112. The third-order valence-corrected chi connectivity index (χ3v) is 3.55. The van der Waals surface area contributed by atoms with Gasteiger partial charge in [-0.05, 0) is 6.07 Å². The van der Waals surface area contributed by atoms with Crippen molar-refractivity contribution in [3.05, 3.63) is 17.1 Å². The highest BCUT2D eigenvalue weighted by Crippen LogP contribution is 2.38. The molecule has 0 amide bonds. The monoisotopic (exact) mass is 262 g/mol. The van der Waals surface area contributed by atoms with Gasteiger partial charge in [-0.2, -0.15) is 0 Å². The van der Waals surface area contributed by atoms with Gasteiger partial charge in [0.15, 0.2) is 6.29 Å². The van der Waals surface area contributed by atoms with E-state index in [-0.39, 0.29) is 0 Å². The fraction of sp³-hybridized carbons (Fsp3) is 0.250. The zero-order valence-corrected chi connectivity index (χ0v) is 11.3. The SMILES string of the molecule is CN=CNc1c(C=O)sc2nccc(N(C)C)c12. The number of aromatic nitrogens is 1. The van der Waals surface area contributed by atoms with E-state index in [1.165, 1.54) is 11.3 Å². The molecule has 0 unspecified atom stereocenters. The van der Waals surface area contributed by atoms with E-state index in [0.717, 1.165) is 27.9 Å². The van der Waals surface area contributed by atoms with Crippen LogP contribution in [0.25, 0.3) is 10.2 Å². The summed E-state index contributed by atoms with van der Waals surface area (Å²) in [6.07, 6.45) is 4.17. The minimum atomic E-state index is 0.631. The number of hydrogen-bond donors (Lipinski definition) is 1. The Bertz CT molecular complexity index is 603. The van der Waals surface area contributed by atoms with E-state index in [1.54, 1.807) is 19.6 Å². The summed E-state index contributed by atoms with van der Waals surface area (Å²) < 4.78 is 0. The van der Waals surface area contributed by atoms with E-state index in [2.05, 4.69) is 15.3 Å². The summed E-state index contributed by atoms with van der Waals surface area (Å²) >= 11 is 1.38. The topological polar surface area (TPSA) is 57.6 Å². The highest BCUT2D eigenvalue weighted by Gasteiger charge is 2.16. The Morgan fingerprint density at radius 1 is 1.50 bits per heavy atom. The van der Waals surface area contributed by atoms with Crippen molar-refractivity contribution in [3.8, 4) is 0 Å². The first-order valence-electron chi connectivity index (χ1n) is 5.40. The fourth-order valence-corrected chi connectivity index (χ4v) is 2.69. The standard InChI is InChI=1S/C12H14N4OS/c1-13-7-15-11-9(6-17)18-12-10(11)8(16(2)3)4-5-14-12/h4-7H,1-3H3,(H,13,15). The lowest BCUT2D eigenvalue weighted by Gasteiger charge is -2.14. The molecular weight excluding hydrogens is 248 g/mol. The second-order valence-corrected chi connectivity index (χ2v) is 4.93. The molecule has 6 heteroatoms. The van der Waals surface area contributed by atoms with Crippen LogP contribution in [-0.4, -0.2) is 38.8 Å². The molecule has 0 radical (unpaired) electrons. The predicted octanol–water partition coefficient (Wildman–Crippen LogP) is 2.24. The van der Waals surface area contributed by atoms with Crippen LogP contribution >= 0.6 is 11.3 Å². The quantitative estimate of drug-likeness (QED) is 0.521. The van der Waals surface area contributed by atoms with Crippen molar-refractivity contribution in [3.63, 3.8) is 0 Å². The number of aliphatic imine (C=N–C) groups is 1. The predicted molar refractivity (Wildman–Crippen MR) is 77.4 cm³/mol. The molecule has 0 fully saturated rings. The Kier molecular flexibility index (Phi) is 3.57. The van der Waals surface area contributed by atoms with Gasteiger partial charge < -0.3 is 10.2 Å². The van der Waals surface area contributed by atoms with Crippen molar-refractivity contribution in [1.82, 2.24) is 4.98 Å². The molecule has 2 aromatic rings. The summed E-state index contributed by atoms with van der Waals surface area (Å²) in [5, 5.41) is 4.01. The van der Waals surface area contributed by atoms with Crippen molar-refractivity contribution in [2.75, 3.05) is 31.4 Å². The van der Waals surface area contributed by atoms with Gasteiger partial charge in [0.05, 0.1) is 28.0 Å². The Labute approximate surface area is 109 Å². The van der Waals surface area contributed by atoms with E-state index in [1.807, 2.05) is 25.1 Å². The third kappa shape index (κ3) is 2.06. The molecule has 2 rings (SSSR count). The van der Waals surface area contributed by atoms with Gasteiger partial charge in [-0.1, -0.05) is 0 Å². The number of rotatable bonds is 4. The van der Waals surface area contributed by atoms with Crippen LogP contribution in [0.2, 0.25) is 0 Å².